The second kappa shape index (κ2) is 5.82. The molecule has 0 saturated carbocycles. The Bertz CT molecular complexity index is 361. The Morgan fingerprint density at radius 2 is 2.18 bits per heavy atom. The average molecular weight is 262 g/mol. The second-order valence-corrected chi connectivity index (χ2v) is 6.94. The van der Waals surface area contributed by atoms with Crippen molar-refractivity contribution in [3.05, 3.63) is 0 Å². The predicted molar refractivity (Wildman–Crippen MR) is 67.5 cm³/mol. The van der Waals surface area contributed by atoms with Crippen molar-refractivity contribution in [3.8, 4) is 0 Å². The minimum atomic E-state index is -3.05. The molecule has 0 aromatic carbocycles. The normalized spacial score (nSPS) is 22.4. The van der Waals surface area contributed by atoms with Gasteiger partial charge in [-0.15, -0.1) is 0 Å². The third-order valence-electron chi connectivity index (χ3n) is 3.11. The van der Waals surface area contributed by atoms with Gasteiger partial charge in [0.15, 0.2) is 0 Å². The molecule has 1 N–H and O–H groups in total. The monoisotopic (exact) mass is 262 g/mol. The van der Waals surface area contributed by atoms with Crippen molar-refractivity contribution < 1.29 is 13.2 Å². The van der Waals surface area contributed by atoms with Gasteiger partial charge in [-0.2, -0.15) is 0 Å². The van der Waals surface area contributed by atoms with Crippen LogP contribution in [0.15, 0.2) is 0 Å². The van der Waals surface area contributed by atoms with Gasteiger partial charge >= 0.3 is 0 Å². The third kappa shape index (κ3) is 4.27. The van der Waals surface area contributed by atoms with Crippen LogP contribution >= 0.6 is 0 Å². The summed E-state index contributed by atoms with van der Waals surface area (Å²) < 4.78 is 22.5. The largest absolute Gasteiger partial charge is 0.339 e. The summed E-state index contributed by atoms with van der Waals surface area (Å²) in [4.78, 5) is 13.9. The summed E-state index contributed by atoms with van der Waals surface area (Å²) in [6.07, 6.45) is 2.06. The molecule has 0 aromatic rings. The molecule has 1 fully saturated rings. The molecule has 1 amide bonds. The molecule has 1 aliphatic rings. The molecule has 1 saturated heterocycles. The molecule has 0 radical (unpaired) electrons. The Kier molecular flexibility index (Phi) is 4.94. The first kappa shape index (κ1) is 14.4. The van der Waals surface area contributed by atoms with Crippen molar-refractivity contribution in [2.45, 2.75) is 26.3 Å². The van der Waals surface area contributed by atoms with Gasteiger partial charge < -0.3 is 10.2 Å². The lowest BCUT2D eigenvalue weighted by Gasteiger charge is -2.29. The summed E-state index contributed by atoms with van der Waals surface area (Å²) in [5.74, 6) is 0.123. The van der Waals surface area contributed by atoms with E-state index in [0.29, 0.717) is 13.1 Å². The number of sulfone groups is 1. The fraction of sp³-hybridized carbons (Fsp3) is 0.909. The van der Waals surface area contributed by atoms with Crippen LogP contribution in [0.5, 0.6) is 0 Å². The van der Waals surface area contributed by atoms with Gasteiger partial charge in [0.2, 0.25) is 5.91 Å². The van der Waals surface area contributed by atoms with E-state index in [1.54, 1.807) is 11.8 Å². The van der Waals surface area contributed by atoms with Crippen LogP contribution in [0.3, 0.4) is 0 Å². The van der Waals surface area contributed by atoms with Crippen LogP contribution in [-0.2, 0) is 14.6 Å². The van der Waals surface area contributed by atoms with Gasteiger partial charge in [0.25, 0.3) is 0 Å². The summed E-state index contributed by atoms with van der Waals surface area (Å²) in [6.45, 7) is 5.82. The van der Waals surface area contributed by atoms with E-state index in [9.17, 15) is 13.2 Å². The standard InChI is InChI=1S/C11H22N2O3S/c1-4-13(9(2)8-17(3,15)16)11(14)10-5-6-12-7-10/h9-10,12H,4-8H2,1-3H3. The lowest BCUT2D eigenvalue weighted by molar-refractivity contribution is -0.136. The van der Waals surface area contributed by atoms with Gasteiger partial charge in [-0.25, -0.2) is 8.42 Å². The Morgan fingerprint density at radius 1 is 1.53 bits per heavy atom. The SMILES string of the molecule is CCN(C(=O)C1CCNC1)C(C)CS(C)(=O)=O. The molecule has 5 nitrogen and oxygen atoms in total. The van der Waals surface area contributed by atoms with E-state index in [0.717, 1.165) is 13.0 Å². The van der Waals surface area contributed by atoms with Crippen molar-refractivity contribution in [1.82, 2.24) is 10.2 Å². The van der Waals surface area contributed by atoms with Crippen LogP contribution in [-0.4, -0.2) is 56.9 Å². The first-order chi connectivity index (χ1) is 7.85. The number of carbonyl (C=O) groups is 1. The van der Waals surface area contributed by atoms with E-state index >= 15 is 0 Å². The van der Waals surface area contributed by atoms with Gasteiger partial charge in [-0.05, 0) is 26.8 Å². The van der Waals surface area contributed by atoms with E-state index in [1.807, 2.05) is 6.92 Å². The van der Waals surface area contributed by atoms with Gasteiger partial charge in [0.05, 0.1) is 11.7 Å². The van der Waals surface area contributed by atoms with Gasteiger partial charge in [0.1, 0.15) is 9.84 Å². The van der Waals surface area contributed by atoms with Crippen LogP contribution in [0, 0.1) is 5.92 Å². The molecular weight excluding hydrogens is 240 g/mol. The molecule has 17 heavy (non-hydrogen) atoms. The van der Waals surface area contributed by atoms with Crippen LogP contribution < -0.4 is 5.32 Å². The lowest BCUT2D eigenvalue weighted by atomic mass is 10.1. The molecule has 2 unspecified atom stereocenters. The summed E-state index contributed by atoms with van der Waals surface area (Å²) in [5.41, 5.74) is 0. The summed E-state index contributed by atoms with van der Waals surface area (Å²) in [7, 11) is -3.05. The van der Waals surface area contributed by atoms with Crippen LogP contribution in [0.25, 0.3) is 0 Å². The van der Waals surface area contributed by atoms with Gasteiger partial charge in [-0.3, -0.25) is 4.79 Å². The highest BCUT2D eigenvalue weighted by atomic mass is 32.2. The predicted octanol–water partition coefficient (Wildman–Crippen LogP) is -0.122. The van der Waals surface area contributed by atoms with Crippen molar-refractivity contribution in [2.75, 3.05) is 31.6 Å². The van der Waals surface area contributed by atoms with E-state index in [2.05, 4.69) is 5.32 Å². The number of nitrogens with zero attached hydrogens (tertiary/aromatic N) is 1. The maximum atomic E-state index is 12.2. The Balaban J connectivity index is 2.66. The van der Waals surface area contributed by atoms with E-state index in [-0.39, 0.29) is 23.6 Å². The highest BCUT2D eigenvalue weighted by Crippen LogP contribution is 2.14. The molecule has 1 aliphatic heterocycles. The number of nitrogens with one attached hydrogen (secondary N) is 1. The molecule has 1 heterocycles. The molecular formula is C11H22N2O3S. The molecule has 0 spiro atoms. The maximum Gasteiger partial charge on any atom is 0.227 e. The minimum Gasteiger partial charge on any atom is -0.339 e. The number of hydrogen-bond donors (Lipinski definition) is 1. The zero-order valence-electron chi connectivity index (χ0n) is 10.8. The van der Waals surface area contributed by atoms with E-state index in [4.69, 9.17) is 0 Å². The summed E-state index contributed by atoms with van der Waals surface area (Å²) in [6, 6.07) is -0.247. The molecule has 0 bridgehead atoms. The second-order valence-electron chi connectivity index (χ2n) is 4.76. The highest BCUT2D eigenvalue weighted by Gasteiger charge is 2.29. The topological polar surface area (TPSA) is 66.5 Å². The average Bonchev–Trinajstić information content (AvgIpc) is 2.68. The molecule has 2 atom stereocenters. The Hall–Kier alpha value is -0.620. The van der Waals surface area contributed by atoms with Crippen LogP contribution in [0.4, 0.5) is 0 Å². The van der Waals surface area contributed by atoms with Crippen LogP contribution in [0.1, 0.15) is 20.3 Å². The first-order valence-electron chi connectivity index (χ1n) is 6.04. The molecule has 100 valence electrons. The van der Waals surface area contributed by atoms with Crippen molar-refractivity contribution in [2.24, 2.45) is 5.92 Å². The number of rotatable bonds is 5. The van der Waals surface area contributed by atoms with Gasteiger partial charge in [-0.1, -0.05) is 0 Å². The molecule has 6 heteroatoms. The fourth-order valence-electron chi connectivity index (χ4n) is 2.31. The first-order valence-corrected chi connectivity index (χ1v) is 8.10. The van der Waals surface area contributed by atoms with E-state index in [1.165, 1.54) is 6.26 Å². The Morgan fingerprint density at radius 3 is 2.59 bits per heavy atom. The van der Waals surface area contributed by atoms with E-state index < -0.39 is 9.84 Å². The third-order valence-corrected chi connectivity index (χ3v) is 4.20. The fourth-order valence-corrected chi connectivity index (χ4v) is 3.37. The molecule has 0 aromatic heterocycles. The minimum absolute atomic E-state index is 0.0111. The highest BCUT2D eigenvalue weighted by molar-refractivity contribution is 7.90. The zero-order chi connectivity index (χ0) is 13.1. The number of amides is 1. The number of carbonyl (C=O) groups excluding carboxylic acids is 1. The maximum absolute atomic E-state index is 12.2. The smallest absolute Gasteiger partial charge is 0.227 e. The Labute approximate surface area is 103 Å². The van der Waals surface area contributed by atoms with Crippen LogP contribution in [0.2, 0.25) is 0 Å². The quantitative estimate of drug-likeness (QED) is 0.750. The van der Waals surface area contributed by atoms with Crippen molar-refractivity contribution in [1.29, 1.82) is 0 Å². The summed E-state index contributed by atoms with van der Waals surface area (Å²) >= 11 is 0. The van der Waals surface area contributed by atoms with Crippen molar-refractivity contribution >= 4 is 15.7 Å². The zero-order valence-corrected chi connectivity index (χ0v) is 11.6. The lowest BCUT2D eigenvalue weighted by Crippen LogP contribution is -2.45. The molecule has 1 rings (SSSR count). The summed E-state index contributed by atoms with van der Waals surface area (Å²) in [5, 5.41) is 3.15. The molecule has 0 aliphatic carbocycles. The van der Waals surface area contributed by atoms with Gasteiger partial charge in [0, 0.05) is 25.4 Å². The van der Waals surface area contributed by atoms with Crippen molar-refractivity contribution in [3.63, 3.8) is 0 Å². The number of hydrogen-bond acceptors (Lipinski definition) is 4.